The summed E-state index contributed by atoms with van der Waals surface area (Å²) in [5.41, 5.74) is 3.34. The van der Waals surface area contributed by atoms with Crippen LogP contribution in [0, 0.1) is 24.7 Å². The molecule has 2 aromatic carbocycles. The second kappa shape index (κ2) is 9.55. The van der Waals surface area contributed by atoms with Crippen molar-refractivity contribution in [1.29, 1.82) is 0 Å². The lowest BCUT2D eigenvalue weighted by atomic mass is 9.70. The first-order chi connectivity index (χ1) is 19.1. The molecular formula is C30H34N4O5S. The lowest BCUT2D eigenvalue weighted by Gasteiger charge is -2.49. The highest BCUT2D eigenvalue weighted by Crippen LogP contribution is 2.48. The van der Waals surface area contributed by atoms with Crippen LogP contribution in [0.1, 0.15) is 42.6 Å². The van der Waals surface area contributed by atoms with Gasteiger partial charge in [-0.2, -0.15) is 0 Å². The van der Waals surface area contributed by atoms with Crippen LogP contribution in [0.3, 0.4) is 0 Å². The van der Waals surface area contributed by atoms with Gasteiger partial charge in [-0.05, 0) is 55.4 Å². The van der Waals surface area contributed by atoms with E-state index in [0.29, 0.717) is 24.9 Å². The van der Waals surface area contributed by atoms with Gasteiger partial charge in [0.2, 0.25) is 11.8 Å². The first-order valence-corrected chi connectivity index (χ1v) is 15.3. The van der Waals surface area contributed by atoms with Gasteiger partial charge >= 0.3 is 6.03 Å². The molecule has 0 N–H and O–H groups in total. The average molecular weight is 563 g/mol. The van der Waals surface area contributed by atoms with Gasteiger partial charge in [-0.1, -0.05) is 49.2 Å². The molecule has 40 heavy (non-hydrogen) atoms. The summed E-state index contributed by atoms with van der Waals surface area (Å²) in [6.45, 7) is 5.40. The van der Waals surface area contributed by atoms with E-state index in [0.717, 1.165) is 45.0 Å². The molecule has 1 aromatic heterocycles. The number of aromatic nitrogens is 1. The molecule has 0 radical (unpaired) electrons. The maximum absolute atomic E-state index is 14.3. The van der Waals surface area contributed by atoms with Gasteiger partial charge in [-0.25, -0.2) is 17.2 Å². The molecule has 210 valence electrons. The molecule has 4 heterocycles. The van der Waals surface area contributed by atoms with Crippen molar-refractivity contribution in [3.8, 4) is 0 Å². The summed E-state index contributed by atoms with van der Waals surface area (Å²) >= 11 is 0. The standard InChI is InChI=1S/C30H34N4O5S/c1-5-19-17-33-15-14-22-21-8-6-7-9-24(21)34(40(38,39)20-12-10-18(2)11-13-20)27(22)25(33)16-23(19)26-28(35)31(3)30(37)32(4)29(26)36/h6-13,19,23,25-26H,5,14-17H2,1-4H3/t19-,23+,25+/m1/s1. The Hall–Kier alpha value is -3.50. The number of imide groups is 2. The van der Waals surface area contributed by atoms with Crippen LogP contribution >= 0.6 is 0 Å². The van der Waals surface area contributed by atoms with Crippen LogP contribution in [-0.2, 0) is 26.0 Å². The highest BCUT2D eigenvalue weighted by atomic mass is 32.2. The molecule has 4 amide bonds. The van der Waals surface area contributed by atoms with Crippen molar-refractivity contribution < 1.29 is 22.8 Å². The summed E-state index contributed by atoms with van der Waals surface area (Å²) in [6, 6.07) is 13.6. The third-order valence-electron chi connectivity index (χ3n) is 9.23. The van der Waals surface area contributed by atoms with Crippen LogP contribution < -0.4 is 0 Å². The number of benzene rings is 2. The number of piperidine rings is 1. The summed E-state index contributed by atoms with van der Waals surface area (Å²) in [5.74, 6) is -2.21. The van der Waals surface area contributed by atoms with Gasteiger partial charge in [-0.15, -0.1) is 0 Å². The van der Waals surface area contributed by atoms with E-state index in [9.17, 15) is 22.8 Å². The number of hydrogen-bond donors (Lipinski definition) is 0. The molecule has 0 saturated carbocycles. The van der Waals surface area contributed by atoms with E-state index < -0.39 is 33.8 Å². The van der Waals surface area contributed by atoms with E-state index in [4.69, 9.17) is 0 Å². The molecule has 10 heteroatoms. The number of nitrogens with zero attached hydrogens (tertiary/aromatic N) is 4. The number of urea groups is 1. The van der Waals surface area contributed by atoms with Gasteiger partial charge in [-0.3, -0.25) is 24.3 Å². The van der Waals surface area contributed by atoms with E-state index in [1.807, 2.05) is 31.2 Å². The highest BCUT2D eigenvalue weighted by molar-refractivity contribution is 7.90. The maximum Gasteiger partial charge on any atom is 0.332 e. The van der Waals surface area contributed by atoms with E-state index >= 15 is 0 Å². The lowest BCUT2D eigenvalue weighted by molar-refractivity contribution is -0.153. The molecular weight excluding hydrogens is 528 g/mol. The Morgan fingerprint density at radius 2 is 1.57 bits per heavy atom. The third kappa shape index (κ3) is 3.83. The Bertz CT molecular complexity index is 1620. The smallest absolute Gasteiger partial charge is 0.294 e. The lowest BCUT2D eigenvalue weighted by Crippen LogP contribution is -2.61. The van der Waals surface area contributed by atoms with Crippen molar-refractivity contribution in [2.75, 3.05) is 27.2 Å². The third-order valence-corrected chi connectivity index (χ3v) is 11.0. The van der Waals surface area contributed by atoms with Gasteiger partial charge in [0, 0.05) is 32.6 Å². The number of fused-ring (bicyclic) bond motifs is 5. The molecule has 0 aliphatic carbocycles. The molecule has 2 saturated heterocycles. The Morgan fingerprint density at radius 1 is 0.925 bits per heavy atom. The monoisotopic (exact) mass is 562 g/mol. The molecule has 3 aliphatic heterocycles. The fourth-order valence-corrected chi connectivity index (χ4v) is 8.66. The molecule has 0 bridgehead atoms. The summed E-state index contributed by atoms with van der Waals surface area (Å²) in [6.07, 6.45) is 1.93. The highest BCUT2D eigenvalue weighted by Gasteiger charge is 2.52. The zero-order valence-electron chi connectivity index (χ0n) is 23.2. The molecule has 6 rings (SSSR count). The second-order valence-corrected chi connectivity index (χ2v) is 13.1. The van der Waals surface area contributed by atoms with Gasteiger partial charge in [0.1, 0.15) is 5.92 Å². The molecule has 3 aromatic rings. The van der Waals surface area contributed by atoms with Crippen LogP contribution in [0.25, 0.3) is 10.9 Å². The number of rotatable bonds is 4. The predicted octanol–water partition coefficient (Wildman–Crippen LogP) is 3.80. The zero-order chi connectivity index (χ0) is 28.5. The Labute approximate surface area is 234 Å². The Morgan fingerprint density at radius 3 is 2.23 bits per heavy atom. The molecule has 3 aliphatic rings. The number of carbonyl (C=O) groups is 3. The van der Waals surface area contributed by atoms with E-state index in [1.165, 1.54) is 18.1 Å². The number of aryl methyl sites for hydroxylation is 1. The first-order valence-electron chi connectivity index (χ1n) is 13.8. The molecule has 9 nitrogen and oxygen atoms in total. The van der Waals surface area contributed by atoms with Crippen molar-refractivity contribution in [3.05, 3.63) is 65.4 Å². The first kappa shape index (κ1) is 26.7. The van der Waals surface area contributed by atoms with Crippen LogP contribution in [0.4, 0.5) is 4.79 Å². The Balaban J connectivity index is 1.51. The molecule has 3 atom stereocenters. The summed E-state index contributed by atoms with van der Waals surface area (Å²) in [7, 11) is -1.11. The van der Waals surface area contributed by atoms with Crippen molar-refractivity contribution in [2.45, 2.75) is 44.0 Å². The molecule has 2 fully saturated rings. The van der Waals surface area contributed by atoms with Crippen molar-refractivity contribution in [1.82, 2.24) is 18.7 Å². The van der Waals surface area contributed by atoms with Crippen LogP contribution in [0.2, 0.25) is 0 Å². The van der Waals surface area contributed by atoms with Gasteiger partial charge in [0.15, 0.2) is 0 Å². The maximum atomic E-state index is 14.3. The van der Waals surface area contributed by atoms with E-state index in [-0.39, 0.29) is 22.8 Å². The summed E-state index contributed by atoms with van der Waals surface area (Å²) in [5, 5.41) is 0.914. The summed E-state index contributed by atoms with van der Waals surface area (Å²) in [4.78, 5) is 43.8. The number of hydrogen-bond acceptors (Lipinski definition) is 6. The van der Waals surface area contributed by atoms with Gasteiger partial charge in [0.25, 0.3) is 10.0 Å². The second-order valence-electron chi connectivity index (χ2n) is 11.3. The van der Waals surface area contributed by atoms with E-state index in [1.54, 1.807) is 24.3 Å². The molecule has 0 unspecified atom stereocenters. The van der Waals surface area contributed by atoms with Crippen LogP contribution in [0.15, 0.2) is 53.4 Å². The minimum atomic E-state index is -3.94. The SMILES string of the molecule is CC[C@@H]1CN2CCc3c(n(S(=O)(=O)c4ccc(C)cc4)c4ccccc34)[C@@H]2C[C@@H]1C1C(=O)N(C)C(=O)N(C)C1=O. The number of carbonyl (C=O) groups excluding carboxylic acids is 3. The zero-order valence-corrected chi connectivity index (χ0v) is 24.0. The largest absolute Gasteiger partial charge is 0.332 e. The Kier molecular flexibility index (Phi) is 6.38. The number of para-hydroxylation sites is 1. The number of barbiturate groups is 1. The fourth-order valence-electron chi connectivity index (χ4n) is 7.06. The normalized spacial score (nSPS) is 24.5. The fraction of sp³-hybridized carbons (Fsp3) is 0.433. The average Bonchev–Trinajstić information content (AvgIpc) is 3.30. The van der Waals surface area contributed by atoms with Crippen molar-refractivity contribution in [2.24, 2.45) is 17.8 Å². The van der Waals surface area contributed by atoms with Gasteiger partial charge in [0.05, 0.1) is 22.1 Å². The molecule has 0 spiro atoms. The topological polar surface area (TPSA) is 100 Å². The number of amides is 4. The van der Waals surface area contributed by atoms with Crippen LogP contribution in [-0.4, -0.2) is 72.1 Å². The van der Waals surface area contributed by atoms with Crippen LogP contribution in [0.5, 0.6) is 0 Å². The van der Waals surface area contributed by atoms with Crippen molar-refractivity contribution in [3.63, 3.8) is 0 Å². The predicted molar refractivity (Wildman–Crippen MR) is 150 cm³/mol. The summed E-state index contributed by atoms with van der Waals surface area (Å²) < 4.78 is 30.1. The van der Waals surface area contributed by atoms with Crippen molar-refractivity contribution >= 4 is 38.8 Å². The minimum Gasteiger partial charge on any atom is -0.294 e. The van der Waals surface area contributed by atoms with Gasteiger partial charge < -0.3 is 0 Å². The van der Waals surface area contributed by atoms with E-state index in [2.05, 4.69) is 11.8 Å². The quantitative estimate of drug-likeness (QED) is 0.449. The minimum absolute atomic E-state index is 0.0530.